The summed E-state index contributed by atoms with van der Waals surface area (Å²) in [6, 6.07) is 20.7. The molecule has 2 aromatic rings. The highest BCUT2D eigenvalue weighted by molar-refractivity contribution is 5.74. The van der Waals surface area contributed by atoms with Crippen LogP contribution < -0.4 is 0 Å². The van der Waals surface area contributed by atoms with E-state index in [0.29, 0.717) is 0 Å². The van der Waals surface area contributed by atoms with Gasteiger partial charge >= 0.3 is 0 Å². The van der Waals surface area contributed by atoms with Crippen LogP contribution in [0.3, 0.4) is 0 Å². The Morgan fingerprint density at radius 2 is 1.33 bits per heavy atom. The van der Waals surface area contributed by atoms with Gasteiger partial charge in [0, 0.05) is 10.8 Å². The number of rotatable bonds is 3. The predicted octanol–water partition coefficient (Wildman–Crippen LogP) is 3.58. The molecule has 1 atom stereocenters. The first-order valence-electron chi connectivity index (χ1n) is 6.30. The second kappa shape index (κ2) is 3.81. The Morgan fingerprint density at radius 3 is 1.67 bits per heavy atom. The third-order valence-corrected chi connectivity index (χ3v) is 4.28. The minimum absolute atomic E-state index is 0.128. The first kappa shape index (κ1) is 11.2. The van der Waals surface area contributed by atoms with Crippen LogP contribution in [0.2, 0.25) is 0 Å². The van der Waals surface area contributed by atoms with Gasteiger partial charge in [0.05, 0.1) is 0 Å². The molecule has 0 heterocycles. The third-order valence-electron chi connectivity index (χ3n) is 4.28. The zero-order valence-corrected chi connectivity index (χ0v) is 10.5. The van der Waals surface area contributed by atoms with E-state index in [1.54, 1.807) is 0 Å². The molecular weight excluding hydrogens is 220 g/mol. The van der Waals surface area contributed by atoms with Crippen molar-refractivity contribution in [3.05, 3.63) is 71.8 Å². The van der Waals surface area contributed by atoms with Crippen molar-refractivity contribution in [2.24, 2.45) is 5.41 Å². The second-order valence-corrected chi connectivity index (χ2v) is 5.35. The van der Waals surface area contributed by atoms with Gasteiger partial charge in [0.1, 0.15) is 6.29 Å². The van der Waals surface area contributed by atoms with E-state index in [9.17, 15) is 4.79 Å². The molecule has 0 radical (unpaired) electrons. The van der Waals surface area contributed by atoms with Crippen LogP contribution in [-0.4, -0.2) is 6.29 Å². The van der Waals surface area contributed by atoms with Crippen LogP contribution in [0.5, 0.6) is 0 Å². The number of carbonyl (C=O) groups excluding carboxylic acids is 1. The number of carbonyl (C=O) groups is 1. The molecule has 18 heavy (non-hydrogen) atoms. The van der Waals surface area contributed by atoms with Crippen molar-refractivity contribution in [3.63, 3.8) is 0 Å². The summed E-state index contributed by atoms with van der Waals surface area (Å²) in [5.74, 6) is 0. The monoisotopic (exact) mass is 236 g/mol. The standard InChI is InChI=1S/C17H16O/c1-16(13-18)12-17(16,14-8-4-2-5-9-14)15-10-6-3-7-11-15/h2-11,13H,12H2,1H3. The van der Waals surface area contributed by atoms with Crippen molar-refractivity contribution >= 4 is 6.29 Å². The normalized spacial score (nSPS) is 24.5. The van der Waals surface area contributed by atoms with Gasteiger partial charge in [-0.1, -0.05) is 67.6 Å². The van der Waals surface area contributed by atoms with Gasteiger partial charge in [-0.25, -0.2) is 0 Å². The van der Waals surface area contributed by atoms with Crippen molar-refractivity contribution in [1.29, 1.82) is 0 Å². The molecule has 2 aromatic carbocycles. The van der Waals surface area contributed by atoms with Crippen molar-refractivity contribution < 1.29 is 4.79 Å². The molecule has 1 aliphatic carbocycles. The summed E-state index contributed by atoms with van der Waals surface area (Å²) >= 11 is 0. The van der Waals surface area contributed by atoms with Gasteiger partial charge in [-0.05, 0) is 17.5 Å². The van der Waals surface area contributed by atoms with Crippen LogP contribution in [0.1, 0.15) is 24.5 Å². The fourth-order valence-corrected chi connectivity index (χ4v) is 3.12. The average molecular weight is 236 g/mol. The van der Waals surface area contributed by atoms with Crippen LogP contribution >= 0.6 is 0 Å². The summed E-state index contributed by atoms with van der Waals surface area (Å²) < 4.78 is 0. The van der Waals surface area contributed by atoms with Gasteiger partial charge in [-0.2, -0.15) is 0 Å². The van der Waals surface area contributed by atoms with Gasteiger partial charge in [-0.15, -0.1) is 0 Å². The summed E-state index contributed by atoms with van der Waals surface area (Å²) in [6.07, 6.45) is 2.02. The zero-order valence-electron chi connectivity index (χ0n) is 10.5. The number of benzene rings is 2. The summed E-state index contributed by atoms with van der Waals surface area (Å²) in [5.41, 5.74) is 2.09. The maximum Gasteiger partial charge on any atom is 0.127 e. The molecule has 1 saturated carbocycles. The van der Waals surface area contributed by atoms with Crippen LogP contribution in [0.15, 0.2) is 60.7 Å². The molecule has 90 valence electrons. The lowest BCUT2D eigenvalue weighted by Gasteiger charge is -2.21. The van der Waals surface area contributed by atoms with Crippen LogP contribution in [0.25, 0.3) is 0 Å². The van der Waals surface area contributed by atoms with Crippen LogP contribution in [0, 0.1) is 5.41 Å². The van der Waals surface area contributed by atoms with Crippen molar-refractivity contribution in [2.75, 3.05) is 0 Å². The zero-order chi connectivity index (χ0) is 12.6. The number of aldehydes is 1. The minimum atomic E-state index is -0.268. The van der Waals surface area contributed by atoms with Gasteiger partial charge < -0.3 is 4.79 Å². The summed E-state index contributed by atoms with van der Waals surface area (Å²) in [4.78, 5) is 11.5. The Hall–Kier alpha value is -1.89. The largest absolute Gasteiger partial charge is 0.303 e. The molecule has 0 spiro atoms. The Balaban J connectivity index is 2.17. The van der Waals surface area contributed by atoms with Crippen molar-refractivity contribution in [1.82, 2.24) is 0 Å². The predicted molar refractivity (Wildman–Crippen MR) is 72.5 cm³/mol. The molecule has 0 aromatic heterocycles. The SMILES string of the molecule is CC1(C=O)CC1(c1ccccc1)c1ccccc1. The Morgan fingerprint density at radius 1 is 0.889 bits per heavy atom. The molecule has 0 amide bonds. The molecule has 1 nitrogen and oxygen atoms in total. The molecule has 0 bridgehead atoms. The summed E-state index contributed by atoms with van der Waals surface area (Å²) in [5, 5.41) is 0. The maximum atomic E-state index is 11.5. The highest BCUT2D eigenvalue weighted by Crippen LogP contribution is 2.66. The lowest BCUT2D eigenvalue weighted by Crippen LogP contribution is -2.19. The van der Waals surface area contributed by atoms with E-state index in [2.05, 4.69) is 31.2 Å². The Bertz CT molecular complexity index is 519. The summed E-state index contributed by atoms with van der Waals surface area (Å²) in [7, 11) is 0. The van der Waals surface area contributed by atoms with Crippen LogP contribution in [-0.2, 0) is 10.2 Å². The smallest absolute Gasteiger partial charge is 0.127 e. The van der Waals surface area contributed by atoms with Gasteiger partial charge in [0.2, 0.25) is 0 Å². The van der Waals surface area contributed by atoms with Gasteiger partial charge in [0.25, 0.3) is 0 Å². The minimum Gasteiger partial charge on any atom is -0.303 e. The van der Waals surface area contributed by atoms with Crippen LogP contribution in [0.4, 0.5) is 0 Å². The fraction of sp³-hybridized carbons (Fsp3) is 0.235. The summed E-state index contributed by atoms with van der Waals surface area (Å²) in [6.45, 7) is 2.06. The highest BCUT2D eigenvalue weighted by atomic mass is 16.1. The van der Waals surface area contributed by atoms with E-state index < -0.39 is 0 Å². The molecule has 0 saturated heterocycles. The van der Waals surface area contributed by atoms with Crippen molar-refractivity contribution in [2.45, 2.75) is 18.8 Å². The average Bonchev–Trinajstić information content (AvgIpc) is 3.09. The van der Waals surface area contributed by atoms with E-state index >= 15 is 0 Å². The van der Waals surface area contributed by atoms with E-state index in [0.717, 1.165) is 12.7 Å². The molecular formula is C17H16O. The molecule has 1 heteroatoms. The van der Waals surface area contributed by atoms with E-state index in [1.165, 1.54) is 11.1 Å². The first-order chi connectivity index (χ1) is 8.73. The number of hydrogen-bond acceptors (Lipinski definition) is 1. The van der Waals surface area contributed by atoms with E-state index in [-0.39, 0.29) is 10.8 Å². The quantitative estimate of drug-likeness (QED) is 0.744. The van der Waals surface area contributed by atoms with E-state index in [4.69, 9.17) is 0 Å². The molecule has 1 aliphatic rings. The lowest BCUT2D eigenvalue weighted by atomic mass is 9.81. The highest BCUT2D eigenvalue weighted by Gasteiger charge is 2.66. The van der Waals surface area contributed by atoms with E-state index in [1.807, 2.05) is 36.4 Å². The molecule has 0 aliphatic heterocycles. The fourth-order valence-electron chi connectivity index (χ4n) is 3.12. The third kappa shape index (κ3) is 1.37. The van der Waals surface area contributed by atoms with Gasteiger partial charge in [-0.3, -0.25) is 0 Å². The second-order valence-electron chi connectivity index (χ2n) is 5.35. The molecule has 3 rings (SSSR count). The topological polar surface area (TPSA) is 17.1 Å². The maximum absolute atomic E-state index is 11.5. The first-order valence-corrected chi connectivity index (χ1v) is 6.30. The number of hydrogen-bond donors (Lipinski definition) is 0. The molecule has 1 fully saturated rings. The Labute approximate surface area is 107 Å². The van der Waals surface area contributed by atoms with Gasteiger partial charge in [0.15, 0.2) is 0 Å². The van der Waals surface area contributed by atoms with Crippen molar-refractivity contribution in [3.8, 4) is 0 Å². The Kier molecular flexibility index (Phi) is 2.37. The molecule has 1 unspecified atom stereocenters. The lowest BCUT2D eigenvalue weighted by molar-refractivity contribution is -0.112. The molecule has 0 N–H and O–H groups in total.